The molecule has 0 unspecified atom stereocenters. The number of thiol groups is 1. The lowest BCUT2D eigenvalue weighted by atomic mass is 10.0. The second-order valence-corrected chi connectivity index (χ2v) is 10.3. The highest BCUT2D eigenvalue weighted by atomic mass is 32.2. The molecule has 2 heterocycles. The van der Waals surface area contributed by atoms with Gasteiger partial charge in [-0.1, -0.05) is 6.42 Å². The number of carbonyl (C=O) groups is 3. The summed E-state index contributed by atoms with van der Waals surface area (Å²) in [7, 11) is 0. The zero-order valence-electron chi connectivity index (χ0n) is 20.6. The molecule has 0 aromatic rings. The molecule has 0 bridgehead atoms. The molecule has 2 fully saturated rings. The van der Waals surface area contributed by atoms with E-state index in [0.717, 1.165) is 31.4 Å². The van der Waals surface area contributed by atoms with Gasteiger partial charge in [-0.2, -0.15) is 24.4 Å². The van der Waals surface area contributed by atoms with Gasteiger partial charge in [0.2, 0.25) is 11.8 Å². The van der Waals surface area contributed by atoms with E-state index in [1.807, 2.05) is 11.8 Å². The molecular weight excluding hydrogens is 492 g/mol. The van der Waals surface area contributed by atoms with Gasteiger partial charge >= 0.3 is 6.03 Å². The van der Waals surface area contributed by atoms with Gasteiger partial charge in [-0.15, -0.1) is 0 Å². The Morgan fingerprint density at radius 2 is 1.49 bits per heavy atom. The van der Waals surface area contributed by atoms with E-state index >= 15 is 0 Å². The molecule has 0 aliphatic carbocycles. The maximum absolute atomic E-state index is 11.9. The first-order valence-corrected chi connectivity index (χ1v) is 14.3. The van der Waals surface area contributed by atoms with Gasteiger partial charge in [0.05, 0.1) is 38.5 Å². The largest absolute Gasteiger partial charge is 0.379 e. The van der Waals surface area contributed by atoms with Crippen LogP contribution < -0.4 is 21.3 Å². The van der Waals surface area contributed by atoms with Crippen molar-refractivity contribution in [1.29, 1.82) is 0 Å². The molecule has 2 saturated heterocycles. The molecule has 0 aromatic carbocycles. The Morgan fingerprint density at radius 1 is 0.857 bits per heavy atom. The van der Waals surface area contributed by atoms with Crippen LogP contribution in [0.5, 0.6) is 0 Å². The Hall–Kier alpha value is -1.21. The molecule has 3 atom stereocenters. The van der Waals surface area contributed by atoms with Crippen molar-refractivity contribution >= 4 is 42.2 Å². The van der Waals surface area contributed by atoms with E-state index in [-0.39, 0.29) is 29.9 Å². The SMILES string of the molecule is O=C(CCS)NCCCOCCOCCOCCCC(=O)NCCCC[C@@H]1SC[C@H]2NC(=O)N[C@H]12. The zero-order valence-corrected chi connectivity index (χ0v) is 22.3. The van der Waals surface area contributed by atoms with Gasteiger partial charge in [-0.25, -0.2) is 4.79 Å². The van der Waals surface area contributed by atoms with Crippen LogP contribution in [0, 0.1) is 0 Å². The fourth-order valence-electron chi connectivity index (χ4n) is 3.90. The summed E-state index contributed by atoms with van der Waals surface area (Å²) in [5, 5.41) is 12.2. The van der Waals surface area contributed by atoms with E-state index in [1.165, 1.54) is 0 Å². The molecule has 0 spiro atoms. The Morgan fingerprint density at radius 3 is 2.20 bits per heavy atom. The van der Waals surface area contributed by atoms with Gasteiger partial charge < -0.3 is 35.5 Å². The lowest BCUT2D eigenvalue weighted by molar-refractivity contribution is -0.122. The molecular formula is C23H42N4O6S2. The highest BCUT2D eigenvalue weighted by Gasteiger charge is 2.42. The topological polar surface area (TPSA) is 127 Å². The Bertz CT molecular complexity index is 631. The van der Waals surface area contributed by atoms with Crippen LogP contribution in [-0.2, 0) is 23.8 Å². The van der Waals surface area contributed by atoms with Crippen LogP contribution in [0.3, 0.4) is 0 Å². The Kier molecular flexibility index (Phi) is 16.3. The van der Waals surface area contributed by atoms with Gasteiger partial charge in [-0.05, 0) is 31.4 Å². The predicted octanol–water partition coefficient (Wildman–Crippen LogP) is 1.09. The summed E-state index contributed by atoms with van der Waals surface area (Å²) >= 11 is 5.94. The van der Waals surface area contributed by atoms with Crippen molar-refractivity contribution in [2.45, 2.75) is 62.3 Å². The predicted molar refractivity (Wildman–Crippen MR) is 140 cm³/mol. The van der Waals surface area contributed by atoms with Crippen molar-refractivity contribution < 1.29 is 28.6 Å². The summed E-state index contributed by atoms with van der Waals surface area (Å²) in [5.74, 6) is 1.62. The monoisotopic (exact) mass is 534 g/mol. The third kappa shape index (κ3) is 13.6. The second-order valence-electron chi connectivity index (χ2n) is 8.59. The van der Waals surface area contributed by atoms with Crippen LogP contribution in [0.1, 0.15) is 44.9 Å². The van der Waals surface area contributed by atoms with Crippen LogP contribution in [0.25, 0.3) is 0 Å². The van der Waals surface area contributed by atoms with Crippen molar-refractivity contribution in [2.24, 2.45) is 0 Å². The summed E-state index contributed by atoms with van der Waals surface area (Å²) in [6, 6.07) is 0.474. The van der Waals surface area contributed by atoms with E-state index in [4.69, 9.17) is 14.2 Å². The number of rotatable bonds is 21. The summed E-state index contributed by atoms with van der Waals surface area (Å²) < 4.78 is 16.4. The molecule has 0 radical (unpaired) electrons. The van der Waals surface area contributed by atoms with E-state index in [2.05, 4.69) is 33.9 Å². The van der Waals surface area contributed by atoms with Crippen LogP contribution in [0.2, 0.25) is 0 Å². The van der Waals surface area contributed by atoms with E-state index in [1.54, 1.807) is 0 Å². The standard InChI is InChI=1S/C23H42N4O6S2/c28-20(24-8-2-1-5-19-22-18(17-35-19)26-23(30)27-22)6-3-10-31-12-14-33-15-13-32-11-4-9-25-21(29)7-16-34/h18-19,22,34H,1-17H2,(H,24,28)(H,25,29)(H2,26,27,30)/t18-,19+,22+/m1/s1. The number of carbonyl (C=O) groups excluding carboxylic acids is 3. The molecule has 35 heavy (non-hydrogen) atoms. The smallest absolute Gasteiger partial charge is 0.315 e. The van der Waals surface area contributed by atoms with Crippen molar-refractivity contribution in [2.75, 3.05) is 64.2 Å². The van der Waals surface area contributed by atoms with Crippen molar-refractivity contribution in [3.05, 3.63) is 0 Å². The number of nitrogens with one attached hydrogen (secondary N) is 4. The number of fused-ring (bicyclic) bond motifs is 1. The molecule has 12 heteroatoms. The van der Waals surface area contributed by atoms with E-state index < -0.39 is 0 Å². The number of hydrogen-bond donors (Lipinski definition) is 5. The Labute approximate surface area is 218 Å². The maximum atomic E-state index is 11.9. The van der Waals surface area contributed by atoms with Crippen LogP contribution >= 0.6 is 24.4 Å². The van der Waals surface area contributed by atoms with Crippen molar-refractivity contribution in [3.8, 4) is 0 Å². The van der Waals surface area contributed by atoms with Gasteiger partial charge in [0, 0.05) is 50.1 Å². The molecule has 2 aliphatic rings. The molecule has 2 rings (SSSR count). The molecule has 2 aliphatic heterocycles. The third-order valence-electron chi connectivity index (χ3n) is 5.74. The van der Waals surface area contributed by atoms with Crippen LogP contribution in [0.4, 0.5) is 4.79 Å². The number of thioether (sulfide) groups is 1. The van der Waals surface area contributed by atoms with Gasteiger partial charge in [0.15, 0.2) is 0 Å². The fourth-order valence-corrected chi connectivity index (χ4v) is 5.65. The Balaban J connectivity index is 1.27. The van der Waals surface area contributed by atoms with Crippen LogP contribution in [-0.4, -0.2) is 99.4 Å². The highest BCUT2D eigenvalue weighted by molar-refractivity contribution is 8.00. The first kappa shape index (κ1) is 30.0. The normalized spacial score (nSPS) is 20.8. The first-order chi connectivity index (χ1) is 17.1. The molecule has 202 valence electrons. The van der Waals surface area contributed by atoms with Crippen LogP contribution in [0.15, 0.2) is 0 Å². The zero-order chi connectivity index (χ0) is 25.1. The molecule has 0 saturated carbocycles. The van der Waals surface area contributed by atoms with E-state index in [0.29, 0.717) is 83.0 Å². The number of ether oxygens (including phenoxy) is 3. The minimum absolute atomic E-state index is 0.0205. The summed E-state index contributed by atoms with van der Waals surface area (Å²) in [6.45, 7) is 4.43. The maximum Gasteiger partial charge on any atom is 0.315 e. The lowest BCUT2D eigenvalue weighted by Crippen LogP contribution is -2.36. The molecule has 4 N–H and O–H groups in total. The van der Waals surface area contributed by atoms with Crippen molar-refractivity contribution in [3.63, 3.8) is 0 Å². The average Bonchev–Trinajstić information content (AvgIpc) is 3.38. The summed E-state index contributed by atoms with van der Waals surface area (Å²) in [4.78, 5) is 34.6. The van der Waals surface area contributed by atoms with Gasteiger partial charge in [0.25, 0.3) is 0 Å². The average molecular weight is 535 g/mol. The molecule has 10 nitrogen and oxygen atoms in total. The number of urea groups is 1. The first-order valence-electron chi connectivity index (χ1n) is 12.7. The lowest BCUT2D eigenvalue weighted by Gasteiger charge is -2.16. The molecule has 4 amide bonds. The summed E-state index contributed by atoms with van der Waals surface area (Å²) in [6.07, 6.45) is 5.41. The van der Waals surface area contributed by atoms with Gasteiger partial charge in [0.1, 0.15) is 0 Å². The number of hydrogen-bond acceptors (Lipinski definition) is 8. The van der Waals surface area contributed by atoms with E-state index in [9.17, 15) is 14.4 Å². The summed E-state index contributed by atoms with van der Waals surface area (Å²) in [5.41, 5.74) is 0. The quantitative estimate of drug-likeness (QED) is 0.0848. The van der Waals surface area contributed by atoms with Gasteiger partial charge in [-0.3, -0.25) is 9.59 Å². The minimum atomic E-state index is -0.0459. The third-order valence-corrected chi connectivity index (χ3v) is 7.47. The fraction of sp³-hybridized carbons (Fsp3) is 0.870. The second kappa shape index (κ2) is 19.0. The van der Waals surface area contributed by atoms with Crippen molar-refractivity contribution in [1.82, 2.24) is 21.3 Å². The number of unbranched alkanes of at least 4 members (excludes halogenated alkanes) is 1. The molecule has 0 aromatic heterocycles. The number of amides is 4. The minimum Gasteiger partial charge on any atom is -0.379 e. The highest BCUT2D eigenvalue weighted by Crippen LogP contribution is 2.32.